The van der Waals surface area contributed by atoms with Crippen molar-refractivity contribution in [3.63, 3.8) is 0 Å². The van der Waals surface area contributed by atoms with Gasteiger partial charge in [-0.05, 0) is 54.8 Å². The number of hydrogen-bond acceptors (Lipinski definition) is 2. The Hall–Kier alpha value is -1.87. The minimum atomic E-state index is -0.688. The number of methoxy groups -OCH3 is 1. The summed E-state index contributed by atoms with van der Waals surface area (Å²) in [7, 11) is 1.62. The van der Waals surface area contributed by atoms with Crippen LogP contribution < -0.4 is 10.5 Å². The summed E-state index contributed by atoms with van der Waals surface area (Å²) < 4.78 is 18.4. The van der Waals surface area contributed by atoms with E-state index in [4.69, 9.17) is 10.5 Å². The second-order valence-electron chi connectivity index (χ2n) is 4.89. The predicted molar refractivity (Wildman–Crippen MR) is 74.8 cm³/mol. The second-order valence-corrected chi connectivity index (χ2v) is 4.89. The van der Waals surface area contributed by atoms with E-state index in [0.717, 1.165) is 22.4 Å². The molecule has 1 unspecified atom stereocenters. The van der Waals surface area contributed by atoms with Crippen LogP contribution in [0.1, 0.15) is 23.6 Å². The maximum Gasteiger partial charge on any atom is 0.123 e. The Morgan fingerprint density at radius 3 is 2.53 bits per heavy atom. The number of nitrogens with two attached hydrogens (primary N) is 1. The average molecular weight is 259 g/mol. The molecule has 19 heavy (non-hydrogen) atoms. The van der Waals surface area contributed by atoms with Crippen LogP contribution >= 0.6 is 0 Å². The van der Waals surface area contributed by atoms with Crippen molar-refractivity contribution in [2.24, 2.45) is 5.73 Å². The molecule has 0 radical (unpaired) electrons. The topological polar surface area (TPSA) is 35.2 Å². The maximum atomic E-state index is 13.2. The first-order valence-electron chi connectivity index (χ1n) is 6.15. The monoisotopic (exact) mass is 259 g/mol. The first-order valence-corrected chi connectivity index (χ1v) is 6.15. The zero-order valence-electron chi connectivity index (χ0n) is 11.4. The standard InChI is InChI=1S/C16H18FNO/c1-11-9-13(17)7-8-15(11)16(2,18)12-5-4-6-14(10-12)19-3/h4-10H,18H2,1-3H3. The quantitative estimate of drug-likeness (QED) is 0.917. The highest BCUT2D eigenvalue weighted by atomic mass is 19.1. The molecule has 2 aromatic carbocycles. The zero-order valence-corrected chi connectivity index (χ0v) is 11.4. The Kier molecular flexibility index (Phi) is 3.58. The van der Waals surface area contributed by atoms with E-state index in [2.05, 4.69) is 0 Å². The lowest BCUT2D eigenvalue weighted by atomic mass is 9.83. The van der Waals surface area contributed by atoms with E-state index in [9.17, 15) is 4.39 Å². The normalized spacial score (nSPS) is 13.9. The summed E-state index contributed by atoms with van der Waals surface area (Å²) in [6.45, 7) is 3.78. The van der Waals surface area contributed by atoms with E-state index < -0.39 is 5.54 Å². The molecule has 0 heterocycles. The number of halogens is 1. The van der Waals surface area contributed by atoms with Crippen LogP contribution in [0, 0.1) is 12.7 Å². The molecular formula is C16H18FNO. The minimum Gasteiger partial charge on any atom is -0.497 e. The molecule has 2 aromatic rings. The lowest BCUT2D eigenvalue weighted by molar-refractivity contribution is 0.413. The van der Waals surface area contributed by atoms with E-state index in [1.165, 1.54) is 12.1 Å². The molecule has 2 N–H and O–H groups in total. The van der Waals surface area contributed by atoms with E-state index in [-0.39, 0.29) is 5.82 Å². The van der Waals surface area contributed by atoms with Crippen molar-refractivity contribution < 1.29 is 9.13 Å². The van der Waals surface area contributed by atoms with E-state index in [1.54, 1.807) is 13.2 Å². The minimum absolute atomic E-state index is 0.248. The fourth-order valence-electron chi connectivity index (χ4n) is 2.31. The maximum absolute atomic E-state index is 13.2. The highest BCUT2D eigenvalue weighted by Crippen LogP contribution is 2.31. The first kappa shape index (κ1) is 13.6. The van der Waals surface area contributed by atoms with Crippen LogP contribution in [0.3, 0.4) is 0 Å². The van der Waals surface area contributed by atoms with Crippen molar-refractivity contribution in [1.29, 1.82) is 0 Å². The molecule has 3 heteroatoms. The molecule has 0 aliphatic heterocycles. The van der Waals surface area contributed by atoms with Gasteiger partial charge in [0.05, 0.1) is 12.6 Å². The molecular weight excluding hydrogens is 241 g/mol. The molecule has 0 fully saturated rings. The van der Waals surface area contributed by atoms with E-state index >= 15 is 0 Å². The van der Waals surface area contributed by atoms with Gasteiger partial charge in [0.25, 0.3) is 0 Å². The van der Waals surface area contributed by atoms with Gasteiger partial charge in [0, 0.05) is 0 Å². The molecule has 1 atom stereocenters. The second kappa shape index (κ2) is 5.02. The molecule has 0 saturated heterocycles. The third-order valence-corrected chi connectivity index (χ3v) is 3.42. The van der Waals surface area contributed by atoms with Crippen LogP contribution in [0.2, 0.25) is 0 Å². The van der Waals surface area contributed by atoms with Crippen molar-refractivity contribution in [1.82, 2.24) is 0 Å². The van der Waals surface area contributed by atoms with Crippen LogP contribution in [-0.4, -0.2) is 7.11 Å². The lowest BCUT2D eigenvalue weighted by Gasteiger charge is -2.28. The number of ether oxygens (including phenoxy) is 1. The fourth-order valence-corrected chi connectivity index (χ4v) is 2.31. The SMILES string of the molecule is COc1cccc(C(C)(N)c2ccc(F)cc2C)c1. The fraction of sp³-hybridized carbons (Fsp3) is 0.250. The van der Waals surface area contributed by atoms with Crippen LogP contribution in [-0.2, 0) is 5.54 Å². The molecule has 0 spiro atoms. The Labute approximate surface area is 113 Å². The number of hydrogen-bond donors (Lipinski definition) is 1. The van der Waals surface area contributed by atoms with Crippen LogP contribution in [0.15, 0.2) is 42.5 Å². The van der Waals surface area contributed by atoms with Crippen molar-refractivity contribution in [3.05, 3.63) is 65.0 Å². The third-order valence-electron chi connectivity index (χ3n) is 3.42. The van der Waals surface area contributed by atoms with Crippen LogP contribution in [0.4, 0.5) is 4.39 Å². The van der Waals surface area contributed by atoms with Gasteiger partial charge in [-0.2, -0.15) is 0 Å². The largest absolute Gasteiger partial charge is 0.497 e. The molecule has 2 rings (SSSR count). The smallest absolute Gasteiger partial charge is 0.123 e. The van der Waals surface area contributed by atoms with Gasteiger partial charge in [-0.3, -0.25) is 0 Å². The van der Waals surface area contributed by atoms with Crippen molar-refractivity contribution in [2.75, 3.05) is 7.11 Å². The molecule has 0 saturated carbocycles. The first-order chi connectivity index (χ1) is 8.95. The number of rotatable bonds is 3. The van der Waals surface area contributed by atoms with E-state index in [0.29, 0.717) is 0 Å². The summed E-state index contributed by atoms with van der Waals surface area (Å²) in [6.07, 6.45) is 0. The van der Waals surface area contributed by atoms with Crippen LogP contribution in [0.25, 0.3) is 0 Å². The van der Waals surface area contributed by atoms with Gasteiger partial charge in [0.1, 0.15) is 11.6 Å². The van der Waals surface area contributed by atoms with Crippen molar-refractivity contribution in [2.45, 2.75) is 19.4 Å². The summed E-state index contributed by atoms with van der Waals surface area (Å²) >= 11 is 0. The molecule has 0 bridgehead atoms. The molecule has 2 nitrogen and oxygen atoms in total. The van der Waals surface area contributed by atoms with Crippen LogP contribution in [0.5, 0.6) is 5.75 Å². The van der Waals surface area contributed by atoms with Gasteiger partial charge >= 0.3 is 0 Å². The average Bonchev–Trinajstić information content (AvgIpc) is 2.38. The molecule has 0 amide bonds. The lowest BCUT2D eigenvalue weighted by Crippen LogP contribution is -2.35. The van der Waals surface area contributed by atoms with E-state index in [1.807, 2.05) is 38.1 Å². The van der Waals surface area contributed by atoms with Crippen molar-refractivity contribution in [3.8, 4) is 5.75 Å². The molecule has 0 aliphatic rings. The Morgan fingerprint density at radius 2 is 1.89 bits per heavy atom. The van der Waals surface area contributed by atoms with Gasteiger partial charge < -0.3 is 10.5 Å². The highest BCUT2D eigenvalue weighted by Gasteiger charge is 2.26. The van der Waals surface area contributed by atoms with Gasteiger partial charge in [0.15, 0.2) is 0 Å². The summed E-state index contributed by atoms with van der Waals surface area (Å²) in [5.74, 6) is 0.511. The molecule has 100 valence electrons. The summed E-state index contributed by atoms with van der Waals surface area (Å²) in [6, 6.07) is 12.3. The third kappa shape index (κ3) is 2.61. The summed E-state index contributed by atoms with van der Waals surface area (Å²) in [5, 5.41) is 0. The summed E-state index contributed by atoms with van der Waals surface area (Å²) in [4.78, 5) is 0. The number of benzene rings is 2. The number of aryl methyl sites for hydroxylation is 1. The molecule has 0 aromatic heterocycles. The zero-order chi connectivity index (χ0) is 14.0. The Balaban J connectivity index is 2.51. The van der Waals surface area contributed by atoms with Gasteiger partial charge in [-0.15, -0.1) is 0 Å². The Bertz CT molecular complexity index is 593. The van der Waals surface area contributed by atoms with Gasteiger partial charge in [-0.25, -0.2) is 4.39 Å². The van der Waals surface area contributed by atoms with Crippen molar-refractivity contribution >= 4 is 0 Å². The highest BCUT2D eigenvalue weighted by molar-refractivity contribution is 5.43. The van der Waals surface area contributed by atoms with Gasteiger partial charge in [0.2, 0.25) is 0 Å². The summed E-state index contributed by atoms with van der Waals surface area (Å²) in [5.41, 5.74) is 8.45. The van der Waals surface area contributed by atoms with Gasteiger partial charge in [-0.1, -0.05) is 18.2 Å². The predicted octanol–water partition coefficient (Wildman–Crippen LogP) is 3.36. The Morgan fingerprint density at radius 1 is 1.16 bits per heavy atom. The molecule has 0 aliphatic carbocycles.